The van der Waals surface area contributed by atoms with Crippen molar-refractivity contribution in [2.75, 3.05) is 45.8 Å². The van der Waals surface area contributed by atoms with E-state index in [0.717, 1.165) is 25.7 Å². The molecule has 2 fully saturated rings. The summed E-state index contributed by atoms with van der Waals surface area (Å²) in [5, 5.41) is 5.24. The highest BCUT2D eigenvalue weighted by Gasteiger charge is 2.31. The molecule has 1 saturated heterocycles. The van der Waals surface area contributed by atoms with Crippen molar-refractivity contribution in [3.05, 3.63) is 0 Å². The second kappa shape index (κ2) is 10.4. The number of carbonyl (C=O) groups is 2. The summed E-state index contributed by atoms with van der Waals surface area (Å²) in [5.41, 5.74) is 0. The first kappa shape index (κ1) is 22.1. The number of piperazine rings is 1. The summed E-state index contributed by atoms with van der Waals surface area (Å²) in [5.74, 6) is -0.358. The zero-order valence-corrected chi connectivity index (χ0v) is 17.3. The van der Waals surface area contributed by atoms with Crippen LogP contribution in [0, 0.1) is 0 Å². The number of nitrogens with one attached hydrogen (secondary N) is 2. The number of rotatable bonds is 7. The molecule has 1 heterocycles. The SMILES string of the molecule is CCN(CC)S(=O)(=O)N1CCN(CC(=O)NC(=O)NC2CCCCC2)CC1. The van der Waals surface area contributed by atoms with Gasteiger partial charge in [0, 0.05) is 45.3 Å². The topological polar surface area (TPSA) is 102 Å². The van der Waals surface area contributed by atoms with E-state index >= 15 is 0 Å². The summed E-state index contributed by atoms with van der Waals surface area (Å²) in [6.07, 6.45) is 5.35. The second-order valence-electron chi connectivity index (χ2n) is 7.12. The quantitative estimate of drug-likeness (QED) is 0.639. The van der Waals surface area contributed by atoms with Crippen molar-refractivity contribution >= 4 is 22.1 Å². The van der Waals surface area contributed by atoms with Crippen LogP contribution in [0.5, 0.6) is 0 Å². The van der Waals surface area contributed by atoms with E-state index in [1.165, 1.54) is 15.0 Å². The average Bonchev–Trinajstić information content (AvgIpc) is 2.63. The first-order valence-electron chi connectivity index (χ1n) is 9.94. The maximum absolute atomic E-state index is 12.5. The Hall–Kier alpha value is -1.23. The third-order valence-electron chi connectivity index (χ3n) is 5.25. The van der Waals surface area contributed by atoms with Crippen LogP contribution >= 0.6 is 0 Å². The van der Waals surface area contributed by atoms with Gasteiger partial charge >= 0.3 is 6.03 Å². The molecule has 0 radical (unpaired) electrons. The molecular weight excluding hydrogens is 370 g/mol. The maximum Gasteiger partial charge on any atom is 0.321 e. The smallest absolute Gasteiger partial charge is 0.321 e. The van der Waals surface area contributed by atoms with Crippen LogP contribution in [0.3, 0.4) is 0 Å². The predicted molar refractivity (Wildman–Crippen MR) is 103 cm³/mol. The van der Waals surface area contributed by atoms with E-state index in [2.05, 4.69) is 10.6 Å². The Morgan fingerprint density at radius 2 is 1.59 bits per heavy atom. The lowest BCUT2D eigenvalue weighted by molar-refractivity contribution is -0.121. The van der Waals surface area contributed by atoms with Crippen molar-refractivity contribution < 1.29 is 18.0 Å². The Bertz CT molecular complexity index is 594. The first-order valence-corrected chi connectivity index (χ1v) is 11.3. The number of carbonyl (C=O) groups excluding carboxylic acids is 2. The van der Waals surface area contributed by atoms with E-state index in [9.17, 15) is 18.0 Å². The van der Waals surface area contributed by atoms with Crippen molar-refractivity contribution in [3.8, 4) is 0 Å². The van der Waals surface area contributed by atoms with E-state index in [1.807, 2.05) is 18.7 Å². The van der Waals surface area contributed by atoms with Crippen molar-refractivity contribution in [1.29, 1.82) is 0 Å². The van der Waals surface area contributed by atoms with Crippen LogP contribution in [0.2, 0.25) is 0 Å². The summed E-state index contributed by atoms with van der Waals surface area (Å²) in [4.78, 5) is 25.9. The van der Waals surface area contributed by atoms with Gasteiger partial charge < -0.3 is 5.32 Å². The molecule has 0 aromatic heterocycles. The molecule has 1 saturated carbocycles. The minimum atomic E-state index is -3.44. The van der Waals surface area contributed by atoms with Gasteiger partial charge in [0.1, 0.15) is 0 Å². The van der Waals surface area contributed by atoms with Crippen molar-refractivity contribution in [2.24, 2.45) is 0 Å². The number of nitrogens with zero attached hydrogens (tertiary/aromatic N) is 3. The van der Waals surface area contributed by atoms with Crippen molar-refractivity contribution in [3.63, 3.8) is 0 Å². The largest absolute Gasteiger partial charge is 0.335 e. The van der Waals surface area contributed by atoms with Crippen LogP contribution in [0.15, 0.2) is 0 Å². The Morgan fingerprint density at radius 3 is 2.15 bits per heavy atom. The van der Waals surface area contributed by atoms with E-state index in [4.69, 9.17) is 0 Å². The standard InChI is InChI=1S/C17H33N5O4S/c1-3-21(4-2)27(25,26)22-12-10-20(11-13-22)14-16(23)19-17(24)18-15-8-6-5-7-9-15/h15H,3-14H2,1-2H3,(H2,18,19,23,24). The molecule has 1 aliphatic heterocycles. The molecule has 10 heteroatoms. The molecule has 0 aromatic carbocycles. The summed E-state index contributed by atoms with van der Waals surface area (Å²) in [7, 11) is -3.44. The fraction of sp³-hybridized carbons (Fsp3) is 0.882. The monoisotopic (exact) mass is 403 g/mol. The lowest BCUT2D eigenvalue weighted by Gasteiger charge is -2.35. The molecule has 156 valence electrons. The Balaban J connectivity index is 1.73. The van der Waals surface area contributed by atoms with Gasteiger partial charge in [-0.05, 0) is 12.8 Å². The Kier molecular flexibility index (Phi) is 8.46. The molecule has 0 bridgehead atoms. The predicted octanol–water partition coefficient (Wildman–Crippen LogP) is 0.349. The van der Waals surface area contributed by atoms with Crippen LogP contribution in [0.1, 0.15) is 46.0 Å². The lowest BCUT2D eigenvalue weighted by Crippen LogP contribution is -2.55. The molecule has 0 unspecified atom stereocenters. The van der Waals surface area contributed by atoms with Crippen LogP contribution in [0.25, 0.3) is 0 Å². The third kappa shape index (κ3) is 6.41. The van der Waals surface area contributed by atoms with Crippen LogP contribution in [-0.2, 0) is 15.0 Å². The number of hydrogen-bond donors (Lipinski definition) is 2. The summed E-state index contributed by atoms with van der Waals surface area (Å²) in [6.45, 7) is 6.25. The average molecular weight is 404 g/mol. The molecule has 0 spiro atoms. The van der Waals surface area contributed by atoms with Gasteiger partial charge in [-0.15, -0.1) is 0 Å². The molecule has 2 N–H and O–H groups in total. The van der Waals surface area contributed by atoms with Gasteiger partial charge in [-0.2, -0.15) is 17.0 Å². The maximum atomic E-state index is 12.5. The van der Waals surface area contributed by atoms with Crippen molar-refractivity contribution in [2.45, 2.75) is 52.0 Å². The molecule has 3 amide bonds. The third-order valence-corrected chi connectivity index (χ3v) is 7.44. The molecule has 2 aliphatic rings. The van der Waals surface area contributed by atoms with E-state index < -0.39 is 16.2 Å². The van der Waals surface area contributed by atoms with Gasteiger partial charge in [-0.1, -0.05) is 33.1 Å². The summed E-state index contributed by atoms with van der Waals surface area (Å²) in [6, 6.07) is -0.282. The van der Waals surface area contributed by atoms with Gasteiger partial charge in [0.05, 0.1) is 6.54 Å². The fourth-order valence-electron chi connectivity index (χ4n) is 3.67. The lowest BCUT2D eigenvalue weighted by atomic mass is 9.96. The van der Waals surface area contributed by atoms with Crippen LogP contribution < -0.4 is 10.6 Å². The molecule has 27 heavy (non-hydrogen) atoms. The van der Waals surface area contributed by atoms with Gasteiger partial charge in [0.2, 0.25) is 5.91 Å². The Labute approximate surface area is 162 Å². The highest BCUT2D eigenvalue weighted by Crippen LogP contribution is 2.17. The highest BCUT2D eigenvalue weighted by atomic mass is 32.2. The minimum absolute atomic E-state index is 0.0945. The van der Waals surface area contributed by atoms with Crippen LogP contribution in [0.4, 0.5) is 4.79 Å². The molecule has 1 aliphatic carbocycles. The molecule has 0 aromatic rings. The Morgan fingerprint density at radius 1 is 1.00 bits per heavy atom. The zero-order valence-electron chi connectivity index (χ0n) is 16.4. The normalized spacial score (nSPS) is 20.6. The number of imide groups is 1. The fourth-order valence-corrected chi connectivity index (χ4v) is 5.27. The number of amides is 3. The summed E-state index contributed by atoms with van der Waals surface area (Å²) < 4.78 is 27.9. The highest BCUT2D eigenvalue weighted by molar-refractivity contribution is 7.86. The molecular formula is C17H33N5O4S. The van der Waals surface area contributed by atoms with Crippen LogP contribution in [-0.4, -0.2) is 85.7 Å². The van der Waals surface area contributed by atoms with Gasteiger partial charge in [-0.3, -0.25) is 15.0 Å². The molecule has 0 atom stereocenters. The second-order valence-corrected chi connectivity index (χ2v) is 9.05. The van der Waals surface area contributed by atoms with E-state index in [0.29, 0.717) is 39.3 Å². The number of hydrogen-bond acceptors (Lipinski definition) is 5. The van der Waals surface area contributed by atoms with E-state index in [-0.39, 0.29) is 18.5 Å². The van der Waals surface area contributed by atoms with E-state index in [1.54, 1.807) is 0 Å². The molecule has 2 rings (SSSR count). The van der Waals surface area contributed by atoms with Gasteiger partial charge in [0.25, 0.3) is 10.2 Å². The minimum Gasteiger partial charge on any atom is -0.335 e. The van der Waals surface area contributed by atoms with Gasteiger partial charge in [0.15, 0.2) is 0 Å². The molecule has 9 nitrogen and oxygen atoms in total. The van der Waals surface area contributed by atoms with Crippen molar-refractivity contribution in [1.82, 2.24) is 24.1 Å². The zero-order chi connectivity index (χ0) is 19.9. The van der Waals surface area contributed by atoms with Gasteiger partial charge in [-0.25, -0.2) is 4.79 Å². The summed E-state index contributed by atoms with van der Waals surface area (Å²) >= 11 is 0. The number of urea groups is 1. The first-order chi connectivity index (χ1) is 12.9.